The monoisotopic (exact) mass is 295 g/mol. The first-order valence-corrected chi connectivity index (χ1v) is 6.20. The molecule has 0 fully saturated rings. The number of aliphatic hydroxyl groups is 1. The molecule has 2 aromatic rings. The summed E-state index contributed by atoms with van der Waals surface area (Å²) in [6.07, 6.45) is 1.15. The summed E-state index contributed by atoms with van der Waals surface area (Å²) in [5.41, 5.74) is 1.81. The van der Waals surface area contributed by atoms with Crippen molar-refractivity contribution in [3.8, 4) is 0 Å². The highest BCUT2D eigenvalue weighted by atomic mass is 79.9. The minimum absolute atomic E-state index is 0.487. The predicted octanol–water partition coefficient (Wildman–Crippen LogP) is 3.71. The van der Waals surface area contributed by atoms with Crippen LogP contribution in [0.3, 0.4) is 0 Å². The zero-order valence-corrected chi connectivity index (χ0v) is 11.1. The van der Waals surface area contributed by atoms with Crippen molar-refractivity contribution in [3.63, 3.8) is 0 Å². The van der Waals surface area contributed by atoms with Crippen molar-refractivity contribution in [1.29, 1.82) is 0 Å². The maximum Gasteiger partial charge on any atom is 0.136 e. The van der Waals surface area contributed by atoms with Gasteiger partial charge < -0.3 is 14.8 Å². The predicted molar refractivity (Wildman–Crippen MR) is 70.8 cm³/mol. The molecule has 0 bridgehead atoms. The van der Waals surface area contributed by atoms with Crippen LogP contribution in [0.15, 0.2) is 45.5 Å². The molecule has 0 aliphatic carbocycles. The van der Waals surface area contributed by atoms with E-state index in [9.17, 15) is 5.11 Å². The fourth-order valence-corrected chi connectivity index (χ4v) is 1.99. The molecule has 0 amide bonds. The van der Waals surface area contributed by atoms with Crippen LogP contribution in [0.1, 0.15) is 24.4 Å². The lowest BCUT2D eigenvalue weighted by Crippen LogP contribution is -2.03. The van der Waals surface area contributed by atoms with E-state index in [1.165, 1.54) is 0 Å². The maximum atomic E-state index is 9.64. The Morgan fingerprint density at radius 1 is 1.35 bits per heavy atom. The highest BCUT2D eigenvalue weighted by Crippen LogP contribution is 2.24. The van der Waals surface area contributed by atoms with Gasteiger partial charge in [-0.2, -0.15) is 0 Å². The molecule has 4 heteroatoms. The van der Waals surface area contributed by atoms with Crippen LogP contribution in [0.4, 0.5) is 5.69 Å². The standard InChI is InChI=1S/C13H14BrNO2/c1-9(16)10-4-2-3-5-12(10)15-8-13-11(14)6-7-17-13/h2-7,9,15-16H,8H2,1H3. The SMILES string of the molecule is CC(O)c1ccccc1NCc1occc1Br. The van der Waals surface area contributed by atoms with Gasteiger partial charge in [-0.25, -0.2) is 0 Å². The number of nitrogens with one attached hydrogen (secondary N) is 1. The van der Waals surface area contributed by atoms with Gasteiger partial charge in [-0.1, -0.05) is 18.2 Å². The van der Waals surface area contributed by atoms with E-state index >= 15 is 0 Å². The molecule has 0 radical (unpaired) electrons. The number of hydrogen-bond donors (Lipinski definition) is 2. The van der Waals surface area contributed by atoms with Gasteiger partial charge in [-0.05, 0) is 35.0 Å². The van der Waals surface area contributed by atoms with Crippen molar-refractivity contribution < 1.29 is 9.52 Å². The van der Waals surface area contributed by atoms with Crippen LogP contribution in [0.2, 0.25) is 0 Å². The smallest absolute Gasteiger partial charge is 0.136 e. The topological polar surface area (TPSA) is 45.4 Å². The molecule has 1 unspecified atom stereocenters. The second-order valence-electron chi connectivity index (χ2n) is 3.81. The lowest BCUT2D eigenvalue weighted by atomic mass is 10.1. The van der Waals surface area contributed by atoms with Crippen molar-refractivity contribution in [2.24, 2.45) is 0 Å². The Morgan fingerprint density at radius 2 is 2.12 bits per heavy atom. The van der Waals surface area contributed by atoms with Crippen LogP contribution in [0.25, 0.3) is 0 Å². The molecular weight excluding hydrogens is 282 g/mol. The zero-order valence-electron chi connectivity index (χ0n) is 9.48. The summed E-state index contributed by atoms with van der Waals surface area (Å²) in [5, 5.41) is 12.9. The number of halogens is 1. The summed E-state index contributed by atoms with van der Waals surface area (Å²) in [6.45, 7) is 2.33. The Labute approximate surface area is 109 Å². The number of hydrogen-bond acceptors (Lipinski definition) is 3. The average molecular weight is 296 g/mol. The number of aliphatic hydroxyl groups excluding tert-OH is 1. The van der Waals surface area contributed by atoms with Gasteiger partial charge in [0.25, 0.3) is 0 Å². The van der Waals surface area contributed by atoms with E-state index in [-0.39, 0.29) is 0 Å². The Hall–Kier alpha value is -1.26. The molecule has 0 saturated carbocycles. The molecule has 17 heavy (non-hydrogen) atoms. The molecule has 0 saturated heterocycles. The second kappa shape index (κ2) is 5.38. The number of rotatable bonds is 4. The van der Waals surface area contributed by atoms with Gasteiger partial charge in [0.15, 0.2) is 0 Å². The molecule has 0 aliphatic heterocycles. The summed E-state index contributed by atoms with van der Waals surface area (Å²) in [6, 6.07) is 9.56. The number of benzene rings is 1. The minimum atomic E-state index is -0.487. The summed E-state index contributed by atoms with van der Waals surface area (Å²) in [7, 11) is 0. The molecule has 90 valence electrons. The normalized spacial score (nSPS) is 12.4. The van der Waals surface area contributed by atoms with Gasteiger partial charge in [0.05, 0.1) is 23.4 Å². The van der Waals surface area contributed by atoms with Crippen LogP contribution in [-0.4, -0.2) is 5.11 Å². The van der Waals surface area contributed by atoms with Crippen molar-refractivity contribution in [1.82, 2.24) is 0 Å². The molecule has 1 heterocycles. The fourth-order valence-electron chi connectivity index (χ4n) is 1.65. The van der Waals surface area contributed by atoms with Crippen LogP contribution in [0.5, 0.6) is 0 Å². The minimum Gasteiger partial charge on any atom is -0.466 e. The Bertz CT molecular complexity index is 494. The van der Waals surface area contributed by atoms with E-state index in [1.807, 2.05) is 30.3 Å². The highest BCUT2D eigenvalue weighted by Gasteiger charge is 2.08. The molecule has 1 aromatic carbocycles. The van der Waals surface area contributed by atoms with Gasteiger partial charge in [0.2, 0.25) is 0 Å². The van der Waals surface area contributed by atoms with Crippen LogP contribution < -0.4 is 5.32 Å². The lowest BCUT2D eigenvalue weighted by molar-refractivity contribution is 0.200. The third-order valence-electron chi connectivity index (χ3n) is 2.54. The molecule has 0 aliphatic rings. The van der Waals surface area contributed by atoms with Gasteiger partial charge in [-0.15, -0.1) is 0 Å². The van der Waals surface area contributed by atoms with E-state index in [2.05, 4.69) is 21.2 Å². The van der Waals surface area contributed by atoms with Crippen LogP contribution in [0, 0.1) is 0 Å². The van der Waals surface area contributed by atoms with Crippen LogP contribution >= 0.6 is 15.9 Å². The first-order valence-electron chi connectivity index (χ1n) is 5.41. The third-order valence-corrected chi connectivity index (χ3v) is 3.25. The first-order chi connectivity index (χ1) is 8.18. The quantitative estimate of drug-likeness (QED) is 0.904. The van der Waals surface area contributed by atoms with Crippen molar-refractivity contribution in [2.75, 3.05) is 5.32 Å². The zero-order chi connectivity index (χ0) is 12.3. The average Bonchev–Trinajstić information content (AvgIpc) is 2.72. The summed E-state index contributed by atoms with van der Waals surface area (Å²) >= 11 is 3.40. The van der Waals surface area contributed by atoms with Gasteiger partial charge in [-0.3, -0.25) is 0 Å². The van der Waals surface area contributed by atoms with Gasteiger partial charge in [0.1, 0.15) is 5.76 Å². The fraction of sp³-hybridized carbons (Fsp3) is 0.231. The van der Waals surface area contributed by atoms with Gasteiger partial charge in [0, 0.05) is 11.3 Å². The van der Waals surface area contributed by atoms with E-state index in [0.29, 0.717) is 6.54 Å². The Kier molecular flexibility index (Phi) is 3.86. The first kappa shape index (κ1) is 12.2. The highest BCUT2D eigenvalue weighted by molar-refractivity contribution is 9.10. The largest absolute Gasteiger partial charge is 0.466 e. The summed E-state index contributed by atoms with van der Waals surface area (Å²) < 4.78 is 6.26. The van der Waals surface area contributed by atoms with Crippen molar-refractivity contribution >= 4 is 21.6 Å². The van der Waals surface area contributed by atoms with E-state index < -0.39 is 6.10 Å². The van der Waals surface area contributed by atoms with E-state index in [0.717, 1.165) is 21.5 Å². The van der Waals surface area contributed by atoms with E-state index in [4.69, 9.17) is 4.42 Å². The van der Waals surface area contributed by atoms with E-state index in [1.54, 1.807) is 13.2 Å². The number of para-hydroxylation sites is 1. The molecule has 3 nitrogen and oxygen atoms in total. The van der Waals surface area contributed by atoms with Crippen molar-refractivity contribution in [2.45, 2.75) is 19.6 Å². The summed E-state index contributed by atoms with van der Waals surface area (Å²) in [5.74, 6) is 0.838. The molecule has 0 spiro atoms. The Morgan fingerprint density at radius 3 is 2.76 bits per heavy atom. The number of anilines is 1. The third kappa shape index (κ3) is 2.90. The van der Waals surface area contributed by atoms with Crippen molar-refractivity contribution in [3.05, 3.63) is 52.4 Å². The summed E-state index contributed by atoms with van der Waals surface area (Å²) in [4.78, 5) is 0. The lowest BCUT2D eigenvalue weighted by Gasteiger charge is -2.13. The maximum absolute atomic E-state index is 9.64. The Balaban J connectivity index is 2.11. The second-order valence-corrected chi connectivity index (χ2v) is 4.66. The van der Waals surface area contributed by atoms with Crippen LogP contribution in [-0.2, 0) is 6.54 Å². The number of furan rings is 1. The molecule has 1 atom stereocenters. The molecule has 1 aromatic heterocycles. The molecular formula is C13H14BrNO2. The molecule has 2 rings (SSSR count). The molecule has 2 N–H and O–H groups in total. The van der Waals surface area contributed by atoms with Gasteiger partial charge >= 0.3 is 0 Å².